The van der Waals surface area contributed by atoms with Crippen LogP contribution in [0, 0.1) is 6.92 Å². The first-order chi connectivity index (χ1) is 11.0. The standard InChI is InChI=1S/C16H18N4O3/c1-11-9-14(19(2)18-11)17-15(21)10-20-12-5-3-4-6-13(12)23-8-7-16(20)22/h3-6,9H,7-8,10H2,1-2H3,(H,17,21). The Bertz CT molecular complexity index is 754. The van der Waals surface area contributed by atoms with Crippen molar-refractivity contribution in [3.8, 4) is 5.75 Å². The molecule has 1 aliphatic rings. The molecule has 0 saturated carbocycles. The molecule has 2 amide bonds. The lowest BCUT2D eigenvalue weighted by molar-refractivity contribution is -0.121. The maximum Gasteiger partial charge on any atom is 0.245 e. The number of benzene rings is 1. The number of nitrogens with zero attached hydrogens (tertiary/aromatic N) is 3. The zero-order valence-corrected chi connectivity index (χ0v) is 13.1. The lowest BCUT2D eigenvalue weighted by Gasteiger charge is -2.21. The first-order valence-corrected chi connectivity index (χ1v) is 7.37. The van der Waals surface area contributed by atoms with E-state index in [0.717, 1.165) is 5.69 Å². The quantitative estimate of drug-likeness (QED) is 0.931. The van der Waals surface area contributed by atoms with Crippen molar-refractivity contribution in [2.24, 2.45) is 7.05 Å². The molecule has 1 aromatic carbocycles. The van der Waals surface area contributed by atoms with Gasteiger partial charge in [-0.2, -0.15) is 5.10 Å². The minimum Gasteiger partial charge on any atom is -0.491 e. The van der Waals surface area contributed by atoms with Crippen molar-refractivity contribution in [1.29, 1.82) is 0 Å². The van der Waals surface area contributed by atoms with E-state index in [1.807, 2.05) is 19.1 Å². The van der Waals surface area contributed by atoms with Crippen LogP contribution in [0.2, 0.25) is 0 Å². The third kappa shape index (κ3) is 3.18. The van der Waals surface area contributed by atoms with E-state index in [-0.39, 0.29) is 24.8 Å². The van der Waals surface area contributed by atoms with Crippen LogP contribution in [-0.2, 0) is 16.6 Å². The second kappa shape index (κ2) is 6.12. The number of aromatic nitrogens is 2. The summed E-state index contributed by atoms with van der Waals surface area (Å²) in [5.74, 6) is 0.797. The minimum atomic E-state index is -0.280. The van der Waals surface area contributed by atoms with Crippen LogP contribution in [0.15, 0.2) is 30.3 Å². The van der Waals surface area contributed by atoms with Gasteiger partial charge in [-0.3, -0.25) is 19.2 Å². The Hall–Kier alpha value is -2.83. The summed E-state index contributed by atoms with van der Waals surface area (Å²) >= 11 is 0. The molecule has 0 unspecified atom stereocenters. The molecule has 0 fully saturated rings. The number of carbonyl (C=O) groups is 2. The van der Waals surface area contributed by atoms with E-state index in [1.165, 1.54) is 4.90 Å². The predicted molar refractivity (Wildman–Crippen MR) is 85.5 cm³/mol. The molecule has 7 nitrogen and oxygen atoms in total. The van der Waals surface area contributed by atoms with Crippen molar-refractivity contribution in [1.82, 2.24) is 9.78 Å². The molecule has 1 aliphatic heterocycles. The van der Waals surface area contributed by atoms with Crippen molar-refractivity contribution in [2.45, 2.75) is 13.3 Å². The van der Waals surface area contributed by atoms with Gasteiger partial charge in [-0.1, -0.05) is 12.1 Å². The van der Waals surface area contributed by atoms with Gasteiger partial charge in [0.1, 0.15) is 18.1 Å². The van der Waals surface area contributed by atoms with Crippen LogP contribution in [-0.4, -0.2) is 34.7 Å². The fourth-order valence-corrected chi connectivity index (χ4v) is 2.55. The fourth-order valence-electron chi connectivity index (χ4n) is 2.55. The second-order valence-electron chi connectivity index (χ2n) is 5.39. The maximum absolute atomic E-state index is 12.3. The number of aryl methyl sites for hydroxylation is 2. The van der Waals surface area contributed by atoms with E-state index >= 15 is 0 Å². The van der Waals surface area contributed by atoms with Gasteiger partial charge in [0.05, 0.1) is 24.4 Å². The first-order valence-electron chi connectivity index (χ1n) is 7.37. The Morgan fingerprint density at radius 3 is 2.91 bits per heavy atom. The highest BCUT2D eigenvalue weighted by Gasteiger charge is 2.25. The monoisotopic (exact) mass is 314 g/mol. The molecule has 0 saturated heterocycles. The number of rotatable bonds is 3. The molecule has 0 atom stereocenters. The third-order valence-corrected chi connectivity index (χ3v) is 3.60. The molecule has 2 aromatic rings. The molecular formula is C16H18N4O3. The van der Waals surface area contributed by atoms with Crippen molar-refractivity contribution >= 4 is 23.3 Å². The van der Waals surface area contributed by atoms with E-state index in [1.54, 1.807) is 29.9 Å². The Morgan fingerprint density at radius 1 is 1.39 bits per heavy atom. The summed E-state index contributed by atoms with van der Waals surface area (Å²) in [5, 5.41) is 6.96. The number of hydrogen-bond donors (Lipinski definition) is 1. The Morgan fingerprint density at radius 2 is 2.17 bits per heavy atom. The third-order valence-electron chi connectivity index (χ3n) is 3.60. The highest BCUT2D eigenvalue weighted by atomic mass is 16.5. The topological polar surface area (TPSA) is 76.5 Å². The van der Waals surface area contributed by atoms with Gasteiger partial charge in [-0.15, -0.1) is 0 Å². The number of fused-ring (bicyclic) bond motifs is 1. The molecule has 1 aromatic heterocycles. The summed E-state index contributed by atoms with van der Waals surface area (Å²) in [5.41, 5.74) is 1.43. The van der Waals surface area contributed by atoms with Crippen LogP contribution in [0.3, 0.4) is 0 Å². The molecule has 0 spiro atoms. The number of hydrogen-bond acceptors (Lipinski definition) is 4. The Kier molecular flexibility index (Phi) is 4.01. The molecule has 23 heavy (non-hydrogen) atoms. The van der Waals surface area contributed by atoms with Gasteiger partial charge in [0.2, 0.25) is 11.8 Å². The summed E-state index contributed by atoms with van der Waals surface area (Å²) in [6.07, 6.45) is 0.243. The Labute approximate surface area is 133 Å². The molecule has 2 heterocycles. The van der Waals surface area contributed by atoms with Crippen LogP contribution in [0.5, 0.6) is 5.75 Å². The van der Waals surface area contributed by atoms with Crippen LogP contribution in [0.25, 0.3) is 0 Å². The van der Waals surface area contributed by atoms with E-state index in [0.29, 0.717) is 23.9 Å². The van der Waals surface area contributed by atoms with Crippen molar-refractivity contribution in [3.05, 3.63) is 36.0 Å². The Balaban J connectivity index is 1.79. The summed E-state index contributed by atoms with van der Waals surface area (Å²) in [6, 6.07) is 9.00. The number of carbonyl (C=O) groups excluding carboxylic acids is 2. The summed E-state index contributed by atoms with van der Waals surface area (Å²) in [7, 11) is 1.75. The first kappa shape index (κ1) is 15.1. The van der Waals surface area contributed by atoms with Gasteiger partial charge in [0.15, 0.2) is 0 Å². The molecule has 0 radical (unpaired) electrons. The van der Waals surface area contributed by atoms with Gasteiger partial charge in [0.25, 0.3) is 0 Å². The second-order valence-corrected chi connectivity index (χ2v) is 5.39. The van der Waals surface area contributed by atoms with Gasteiger partial charge >= 0.3 is 0 Å². The minimum absolute atomic E-state index is 0.0660. The van der Waals surface area contributed by atoms with Crippen LogP contribution in [0.1, 0.15) is 12.1 Å². The van der Waals surface area contributed by atoms with E-state index < -0.39 is 0 Å². The van der Waals surface area contributed by atoms with Crippen molar-refractivity contribution < 1.29 is 14.3 Å². The average molecular weight is 314 g/mol. The van der Waals surface area contributed by atoms with Crippen molar-refractivity contribution in [3.63, 3.8) is 0 Å². The largest absolute Gasteiger partial charge is 0.491 e. The number of para-hydroxylation sites is 2. The fraction of sp³-hybridized carbons (Fsp3) is 0.312. The SMILES string of the molecule is Cc1cc(NC(=O)CN2C(=O)CCOc3ccccc32)n(C)n1. The van der Waals surface area contributed by atoms with E-state index in [2.05, 4.69) is 10.4 Å². The zero-order chi connectivity index (χ0) is 16.4. The molecular weight excluding hydrogens is 296 g/mol. The maximum atomic E-state index is 12.3. The van der Waals surface area contributed by atoms with Gasteiger partial charge < -0.3 is 10.1 Å². The lowest BCUT2D eigenvalue weighted by atomic mass is 10.2. The van der Waals surface area contributed by atoms with Gasteiger partial charge in [-0.25, -0.2) is 0 Å². The average Bonchev–Trinajstić information content (AvgIpc) is 2.73. The summed E-state index contributed by atoms with van der Waals surface area (Å²) in [4.78, 5) is 26.1. The lowest BCUT2D eigenvalue weighted by Crippen LogP contribution is -2.38. The summed E-state index contributed by atoms with van der Waals surface area (Å²) < 4.78 is 7.15. The number of amides is 2. The predicted octanol–water partition coefficient (Wildman–Crippen LogP) is 1.48. The molecule has 0 aliphatic carbocycles. The van der Waals surface area contributed by atoms with Crippen LogP contribution < -0.4 is 15.0 Å². The molecule has 1 N–H and O–H groups in total. The number of nitrogens with one attached hydrogen (secondary N) is 1. The highest BCUT2D eigenvalue weighted by molar-refractivity contribution is 6.03. The van der Waals surface area contributed by atoms with Gasteiger partial charge in [-0.05, 0) is 19.1 Å². The van der Waals surface area contributed by atoms with E-state index in [4.69, 9.17) is 4.74 Å². The molecule has 3 rings (SSSR count). The molecule has 7 heteroatoms. The van der Waals surface area contributed by atoms with Gasteiger partial charge in [0, 0.05) is 13.1 Å². The molecule has 0 bridgehead atoms. The smallest absolute Gasteiger partial charge is 0.245 e. The number of ether oxygens (including phenoxy) is 1. The summed E-state index contributed by atoms with van der Waals surface area (Å²) in [6.45, 7) is 2.10. The number of anilines is 2. The molecule has 120 valence electrons. The van der Waals surface area contributed by atoms with Crippen molar-refractivity contribution in [2.75, 3.05) is 23.4 Å². The van der Waals surface area contributed by atoms with Crippen LogP contribution in [0.4, 0.5) is 11.5 Å². The normalized spacial score (nSPS) is 14.0. The zero-order valence-electron chi connectivity index (χ0n) is 13.1. The van der Waals surface area contributed by atoms with E-state index in [9.17, 15) is 9.59 Å². The van der Waals surface area contributed by atoms with Crippen LogP contribution >= 0.6 is 0 Å². The highest BCUT2D eigenvalue weighted by Crippen LogP contribution is 2.30.